The van der Waals surface area contributed by atoms with Crippen LogP contribution in [0.1, 0.15) is 50.5 Å². The zero-order valence-corrected chi connectivity index (χ0v) is 21.5. The van der Waals surface area contributed by atoms with Crippen LogP contribution in [0.2, 0.25) is 0 Å². The minimum atomic E-state index is -4.84. The molecule has 0 aromatic heterocycles. The van der Waals surface area contributed by atoms with Crippen molar-refractivity contribution in [1.82, 2.24) is 4.90 Å². The molecule has 5 nitrogen and oxygen atoms in total. The summed E-state index contributed by atoms with van der Waals surface area (Å²) in [5.41, 5.74) is 1.04. The van der Waals surface area contributed by atoms with E-state index in [0.717, 1.165) is 24.8 Å². The predicted molar refractivity (Wildman–Crippen MR) is 130 cm³/mol. The fraction of sp³-hybridized carbons (Fsp3) is 0.519. The minimum Gasteiger partial charge on any atom is -0.376 e. The van der Waals surface area contributed by atoms with Crippen LogP contribution in [0.3, 0.4) is 0 Å². The van der Waals surface area contributed by atoms with Gasteiger partial charge in [-0.1, -0.05) is 62.4 Å². The van der Waals surface area contributed by atoms with Crippen molar-refractivity contribution < 1.29 is 34.6 Å². The van der Waals surface area contributed by atoms with Gasteiger partial charge in [-0.25, -0.2) is 13.2 Å². The summed E-state index contributed by atoms with van der Waals surface area (Å²) < 4.78 is 101. The number of nitriles is 1. The summed E-state index contributed by atoms with van der Waals surface area (Å²) >= 11 is 0. The summed E-state index contributed by atoms with van der Waals surface area (Å²) in [6, 6.07) is 11.9. The van der Waals surface area contributed by atoms with Crippen LogP contribution in [0, 0.1) is 58.2 Å². The first-order valence-electron chi connectivity index (χ1n) is 12.7. The fourth-order valence-corrected chi connectivity index (χ4v) is 7.52. The van der Waals surface area contributed by atoms with Crippen molar-refractivity contribution in [3.63, 3.8) is 0 Å². The van der Waals surface area contributed by atoms with Gasteiger partial charge in [0.15, 0.2) is 0 Å². The van der Waals surface area contributed by atoms with E-state index in [1.54, 1.807) is 0 Å². The van der Waals surface area contributed by atoms with Crippen molar-refractivity contribution in [2.45, 2.75) is 56.7 Å². The minimum absolute atomic E-state index is 0.0930. The van der Waals surface area contributed by atoms with E-state index in [1.165, 1.54) is 0 Å². The SMILES string of the molecule is N#CC1CN(Cc2ccccc2)CC1C1CCCCCCCC1S(=O)(=O)Oc1c(F)c(F)c(F)c(F)c1F. The van der Waals surface area contributed by atoms with E-state index >= 15 is 0 Å². The lowest BCUT2D eigenvalue weighted by Crippen LogP contribution is -2.40. The highest BCUT2D eigenvalue weighted by Gasteiger charge is 2.46. The lowest BCUT2D eigenvalue weighted by Gasteiger charge is -2.32. The molecule has 0 spiro atoms. The van der Waals surface area contributed by atoms with Gasteiger partial charge in [0.05, 0.1) is 12.0 Å². The molecular formula is C27H29F5N2O3S. The van der Waals surface area contributed by atoms with Crippen LogP contribution in [0.15, 0.2) is 30.3 Å². The highest BCUT2D eigenvalue weighted by Crippen LogP contribution is 2.41. The molecule has 1 saturated heterocycles. The Morgan fingerprint density at radius 1 is 0.816 bits per heavy atom. The molecule has 2 aliphatic rings. The molecule has 0 amide bonds. The normalized spacial score (nSPS) is 25.3. The van der Waals surface area contributed by atoms with Gasteiger partial charge < -0.3 is 4.18 Å². The quantitative estimate of drug-likeness (QED) is 0.186. The molecule has 1 saturated carbocycles. The molecule has 0 radical (unpaired) electrons. The topological polar surface area (TPSA) is 70.4 Å². The number of rotatable bonds is 6. The Balaban J connectivity index is 1.66. The van der Waals surface area contributed by atoms with Crippen LogP contribution in [-0.2, 0) is 16.7 Å². The van der Waals surface area contributed by atoms with Crippen LogP contribution in [0.5, 0.6) is 5.75 Å². The molecule has 2 fully saturated rings. The van der Waals surface area contributed by atoms with Gasteiger partial charge in [-0.3, -0.25) is 4.90 Å². The van der Waals surface area contributed by atoms with Crippen LogP contribution in [0.25, 0.3) is 0 Å². The molecule has 4 unspecified atom stereocenters. The molecular weight excluding hydrogens is 527 g/mol. The maximum absolute atomic E-state index is 14.3. The van der Waals surface area contributed by atoms with Crippen LogP contribution in [0.4, 0.5) is 22.0 Å². The van der Waals surface area contributed by atoms with E-state index in [4.69, 9.17) is 4.18 Å². The molecule has 1 heterocycles. The van der Waals surface area contributed by atoms with E-state index in [-0.39, 0.29) is 12.3 Å². The Bertz CT molecular complexity index is 1260. The average molecular weight is 557 g/mol. The number of likely N-dealkylation sites (tertiary alicyclic amines) is 1. The Hall–Kier alpha value is -2.71. The molecule has 0 bridgehead atoms. The van der Waals surface area contributed by atoms with Gasteiger partial charge in [-0.2, -0.15) is 22.5 Å². The first-order chi connectivity index (χ1) is 18.1. The molecule has 1 aliphatic carbocycles. The summed E-state index contributed by atoms with van der Waals surface area (Å²) in [5, 5.41) is 8.67. The molecule has 0 N–H and O–H groups in total. The third-order valence-electron chi connectivity index (χ3n) is 7.65. The number of benzene rings is 2. The van der Waals surface area contributed by atoms with Crippen molar-refractivity contribution in [2.24, 2.45) is 17.8 Å². The highest BCUT2D eigenvalue weighted by atomic mass is 32.2. The monoisotopic (exact) mass is 556 g/mol. The van der Waals surface area contributed by atoms with Gasteiger partial charge in [0.2, 0.25) is 34.8 Å². The summed E-state index contributed by atoms with van der Waals surface area (Å²) in [6.07, 6.45) is 4.17. The Morgan fingerprint density at radius 3 is 2.03 bits per heavy atom. The predicted octanol–water partition coefficient (Wildman–Crippen LogP) is 6.09. The second kappa shape index (κ2) is 12.0. The maximum Gasteiger partial charge on any atom is 0.312 e. The number of hydrogen-bond donors (Lipinski definition) is 0. The lowest BCUT2D eigenvalue weighted by molar-refractivity contribution is 0.244. The van der Waals surface area contributed by atoms with Crippen LogP contribution in [-0.4, -0.2) is 31.7 Å². The number of hydrogen-bond acceptors (Lipinski definition) is 5. The Labute approximate surface area is 219 Å². The van der Waals surface area contributed by atoms with E-state index in [9.17, 15) is 35.6 Å². The van der Waals surface area contributed by atoms with Crippen molar-refractivity contribution in [3.05, 3.63) is 65.0 Å². The summed E-state index contributed by atoms with van der Waals surface area (Å²) in [6.45, 7) is 1.44. The van der Waals surface area contributed by atoms with Crippen molar-refractivity contribution >= 4 is 10.1 Å². The zero-order valence-electron chi connectivity index (χ0n) is 20.7. The smallest absolute Gasteiger partial charge is 0.312 e. The third-order valence-corrected chi connectivity index (χ3v) is 9.37. The summed E-state index contributed by atoms with van der Waals surface area (Å²) in [7, 11) is -4.84. The van der Waals surface area contributed by atoms with Gasteiger partial charge in [-0.15, -0.1) is 0 Å². The van der Waals surface area contributed by atoms with Crippen molar-refractivity contribution in [3.8, 4) is 11.8 Å². The largest absolute Gasteiger partial charge is 0.376 e. The summed E-state index contributed by atoms with van der Waals surface area (Å²) in [4.78, 5) is 2.08. The Kier molecular flexibility index (Phi) is 8.93. The molecule has 4 atom stereocenters. The molecule has 38 heavy (non-hydrogen) atoms. The first kappa shape index (κ1) is 28.3. The molecule has 4 rings (SSSR count). The maximum atomic E-state index is 14.3. The Morgan fingerprint density at radius 2 is 1.39 bits per heavy atom. The summed E-state index contributed by atoms with van der Waals surface area (Å²) in [5.74, 6) is -14.9. The van der Waals surface area contributed by atoms with Crippen LogP contribution >= 0.6 is 0 Å². The van der Waals surface area contributed by atoms with E-state index in [0.29, 0.717) is 38.9 Å². The van der Waals surface area contributed by atoms with E-state index in [1.807, 2.05) is 30.3 Å². The molecule has 11 heteroatoms. The van der Waals surface area contributed by atoms with Crippen molar-refractivity contribution in [2.75, 3.05) is 13.1 Å². The van der Waals surface area contributed by atoms with E-state index in [2.05, 4.69) is 11.0 Å². The van der Waals surface area contributed by atoms with Gasteiger partial charge >= 0.3 is 10.1 Å². The van der Waals surface area contributed by atoms with Gasteiger partial charge in [0.25, 0.3) is 0 Å². The lowest BCUT2D eigenvalue weighted by atomic mass is 9.79. The van der Waals surface area contributed by atoms with E-state index < -0.39 is 62.0 Å². The molecule has 2 aromatic carbocycles. The standard InChI is InChI=1S/C27H29F5N2O3S/c28-22-23(29)25(31)27(26(32)24(22)30)37-38(35,36)21-12-8-3-1-2-7-11-19(21)20-16-34(15-18(20)13-33)14-17-9-5-4-6-10-17/h4-6,9-10,18-21H,1-3,7-8,11-12,14-16H2. The fourth-order valence-electron chi connectivity index (χ4n) is 5.79. The number of halogens is 5. The zero-order chi connectivity index (χ0) is 27.4. The molecule has 2 aromatic rings. The highest BCUT2D eigenvalue weighted by molar-refractivity contribution is 7.87. The van der Waals surface area contributed by atoms with Gasteiger partial charge in [0, 0.05) is 19.6 Å². The van der Waals surface area contributed by atoms with Crippen LogP contribution < -0.4 is 4.18 Å². The van der Waals surface area contributed by atoms with Gasteiger partial charge in [0.1, 0.15) is 5.25 Å². The first-order valence-corrected chi connectivity index (χ1v) is 14.2. The second-order valence-electron chi connectivity index (χ2n) is 10.1. The molecule has 1 aliphatic heterocycles. The van der Waals surface area contributed by atoms with Gasteiger partial charge in [-0.05, 0) is 30.2 Å². The second-order valence-corrected chi connectivity index (χ2v) is 11.9. The average Bonchev–Trinajstić information content (AvgIpc) is 3.36. The number of nitrogens with zero attached hydrogens (tertiary/aromatic N) is 2. The van der Waals surface area contributed by atoms with Crippen molar-refractivity contribution in [1.29, 1.82) is 5.26 Å². The molecule has 206 valence electrons. The third kappa shape index (κ3) is 5.96.